The highest BCUT2D eigenvalue weighted by Gasteiger charge is 2.36. The van der Waals surface area contributed by atoms with Gasteiger partial charge in [-0.05, 0) is 113 Å². The van der Waals surface area contributed by atoms with E-state index in [-0.39, 0.29) is 0 Å². The highest BCUT2D eigenvalue weighted by molar-refractivity contribution is 7.99. The van der Waals surface area contributed by atoms with Crippen LogP contribution in [-0.4, -0.2) is 57.7 Å². The van der Waals surface area contributed by atoms with Crippen LogP contribution in [0.1, 0.15) is 79.0 Å². The Bertz CT molecular complexity index is 1790. The molecule has 0 aliphatic carbocycles. The number of carboxylic acids is 1. The normalized spacial score (nSPS) is 15.6. The van der Waals surface area contributed by atoms with Gasteiger partial charge >= 0.3 is 5.97 Å². The maximum Gasteiger partial charge on any atom is 0.337 e. The number of hydrogen-bond donors (Lipinski definition) is 2. The zero-order chi connectivity index (χ0) is 34.2. The number of carbonyl (C=O) groups is 1. The second kappa shape index (κ2) is 14.2. The van der Waals surface area contributed by atoms with E-state index in [4.69, 9.17) is 4.74 Å². The van der Waals surface area contributed by atoms with Gasteiger partial charge < -0.3 is 24.4 Å². The number of ether oxygens (including phenoxy) is 1. The first-order chi connectivity index (χ1) is 22.9. The van der Waals surface area contributed by atoms with Crippen molar-refractivity contribution in [1.29, 1.82) is 0 Å². The fourth-order valence-corrected chi connectivity index (χ4v) is 8.46. The molecule has 0 unspecified atom stereocenters. The molecule has 2 aliphatic rings. The summed E-state index contributed by atoms with van der Waals surface area (Å²) in [6.07, 6.45) is 5.77. The van der Waals surface area contributed by atoms with Crippen molar-refractivity contribution in [1.82, 2.24) is 15.1 Å². The summed E-state index contributed by atoms with van der Waals surface area (Å²) in [7, 11) is 0. The summed E-state index contributed by atoms with van der Waals surface area (Å²) in [6, 6.07) is 14.9. The number of piperidine rings is 1. The summed E-state index contributed by atoms with van der Waals surface area (Å²) in [5.41, 5.74) is 10.5. The fourth-order valence-electron chi connectivity index (χ4n) is 7.03. The molecule has 6 rings (SSSR count). The van der Waals surface area contributed by atoms with Crippen molar-refractivity contribution in [3.8, 4) is 22.3 Å². The van der Waals surface area contributed by atoms with Gasteiger partial charge in [0.2, 0.25) is 5.13 Å². The second-order valence-electron chi connectivity index (χ2n) is 13.9. The van der Waals surface area contributed by atoms with Gasteiger partial charge in [-0.15, -0.1) is 10.2 Å². The number of aliphatic carboxylic acids is 1. The van der Waals surface area contributed by atoms with Gasteiger partial charge in [-0.1, -0.05) is 65.6 Å². The average Bonchev–Trinajstić information content (AvgIpc) is 3.51. The Hall–Kier alpha value is -3.44. The molecule has 2 N–H and O–H groups in total. The van der Waals surface area contributed by atoms with E-state index in [9.17, 15) is 9.90 Å². The summed E-state index contributed by atoms with van der Waals surface area (Å²) >= 11 is 3.28. The molecule has 1 atom stereocenters. The number of rotatable bonds is 10. The Morgan fingerprint density at radius 3 is 2.42 bits per heavy atom. The minimum atomic E-state index is -1.13. The molecule has 0 spiro atoms. The second-order valence-corrected chi connectivity index (χ2v) is 15.8. The third kappa shape index (κ3) is 7.27. The third-order valence-electron chi connectivity index (χ3n) is 9.29. The number of fused-ring (bicyclic) bond motifs is 3. The van der Waals surface area contributed by atoms with Crippen LogP contribution < -0.4 is 9.62 Å². The minimum Gasteiger partial charge on any atom is -0.479 e. The number of likely N-dealkylation sites (tertiary alicyclic amines) is 1. The molecular formula is C38H47N5O3S2. The van der Waals surface area contributed by atoms with Crippen molar-refractivity contribution in [2.45, 2.75) is 85.5 Å². The molecule has 1 saturated heterocycles. The van der Waals surface area contributed by atoms with Crippen molar-refractivity contribution in [2.24, 2.45) is 0 Å². The summed E-state index contributed by atoms with van der Waals surface area (Å²) in [5.74, 6) is -0.994. The molecule has 1 fully saturated rings. The quantitative estimate of drug-likeness (QED) is 0.159. The Labute approximate surface area is 293 Å². The smallest absolute Gasteiger partial charge is 0.337 e. The first kappa shape index (κ1) is 34.4. The SMILES string of the molecule is CSN1Cc2ccc(Nc3nnc(CCN4CCCCC4)s3)cc2-c2c(C)c(-c3ccc(C)cc3)c([C@H](OC(C)(C)C)C(=O)O)c(C)c21. The molecular weight excluding hydrogens is 639 g/mol. The first-order valence-electron chi connectivity index (χ1n) is 16.8. The highest BCUT2D eigenvalue weighted by Crippen LogP contribution is 2.52. The van der Waals surface area contributed by atoms with Crippen LogP contribution in [0.3, 0.4) is 0 Å². The van der Waals surface area contributed by atoms with Crippen molar-refractivity contribution in [2.75, 3.05) is 35.5 Å². The lowest BCUT2D eigenvalue weighted by Crippen LogP contribution is -2.31. The molecule has 3 aromatic carbocycles. The molecule has 0 radical (unpaired) electrons. The Morgan fingerprint density at radius 1 is 1.02 bits per heavy atom. The molecule has 4 aromatic rings. The summed E-state index contributed by atoms with van der Waals surface area (Å²) in [6.45, 7) is 16.1. The van der Waals surface area contributed by atoms with E-state index in [2.05, 4.69) is 94.2 Å². The van der Waals surface area contributed by atoms with Crippen molar-refractivity contribution >= 4 is 45.8 Å². The standard InChI is InChI=1S/C38H47N5O3S2/c1-23-11-13-26(14-12-23)31-24(2)32-29-21-28(39-37-41-40-30(48-37)17-20-42-18-9-8-10-19-42)16-15-27(29)22-43(47-7)34(32)25(3)33(31)35(36(44)45)46-38(4,5)6/h11-16,21,35H,8-10,17-20,22H2,1-7H3,(H,39,41)(H,44,45)/t35-/m0/s1. The van der Waals surface area contributed by atoms with Crippen LogP contribution in [0.15, 0.2) is 42.5 Å². The van der Waals surface area contributed by atoms with E-state index in [1.54, 1.807) is 23.3 Å². The monoisotopic (exact) mass is 685 g/mol. The van der Waals surface area contributed by atoms with E-state index in [1.807, 2.05) is 20.8 Å². The first-order valence-corrected chi connectivity index (χ1v) is 18.8. The van der Waals surface area contributed by atoms with E-state index in [1.165, 1.54) is 37.9 Å². The van der Waals surface area contributed by atoms with Crippen LogP contribution in [0.2, 0.25) is 0 Å². The molecule has 3 heterocycles. The lowest BCUT2D eigenvalue weighted by atomic mass is 9.80. The summed E-state index contributed by atoms with van der Waals surface area (Å²) in [5, 5.41) is 25.0. The van der Waals surface area contributed by atoms with Crippen LogP contribution >= 0.6 is 23.3 Å². The number of aryl methyl sites for hydroxylation is 1. The van der Waals surface area contributed by atoms with Crippen LogP contribution in [0.5, 0.6) is 0 Å². The highest BCUT2D eigenvalue weighted by atomic mass is 32.2. The molecule has 0 amide bonds. The molecule has 254 valence electrons. The maximum atomic E-state index is 13.0. The van der Waals surface area contributed by atoms with Gasteiger partial charge in [-0.2, -0.15) is 0 Å². The molecule has 0 bridgehead atoms. The Balaban J connectivity index is 1.43. The minimum absolute atomic E-state index is 0.658. The zero-order valence-electron chi connectivity index (χ0n) is 29.1. The van der Waals surface area contributed by atoms with E-state index in [0.717, 1.165) is 73.4 Å². The summed E-state index contributed by atoms with van der Waals surface area (Å²) < 4.78 is 8.61. The third-order valence-corrected chi connectivity index (χ3v) is 10.9. The van der Waals surface area contributed by atoms with Gasteiger partial charge in [0.05, 0.1) is 17.8 Å². The van der Waals surface area contributed by atoms with Gasteiger partial charge in [-0.25, -0.2) is 4.79 Å². The average molecular weight is 686 g/mol. The van der Waals surface area contributed by atoms with Crippen LogP contribution in [0.25, 0.3) is 22.3 Å². The van der Waals surface area contributed by atoms with E-state index in [0.29, 0.717) is 12.1 Å². The lowest BCUT2D eigenvalue weighted by molar-refractivity contribution is -0.160. The molecule has 48 heavy (non-hydrogen) atoms. The van der Waals surface area contributed by atoms with Crippen LogP contribution in [-0.2, 0) is 22.5 Å². The number of benzene rings is 3. The number of nitrogens with one attached hydrogen (secondary N) is 1. The van der Waals surface area contributed by atoms with Crippen molar-refractivity contribution in [3.63, 3.8) is 0 Å². The largest absolute Gasteiger partial charge is 0.479 e. The predicted molar refractivity (Wildman–Crippen MR) is 200 cm³/mol. The van der Waals surface area contributed by atoms with Gasteiger partial charge in [0.15, 0.2) is 6.10 Å². The van der Waals surface area contributed by atoms with Gasteiger partial charge in [-0.3, -0.25) is 0 Å². The fraction of sp³-hybridized carbons (Fsp3) is 0.447. The number of aromatic nitrogens is 2. The Morgan fingerprint density at radius 2 is 1.75 bits per heavy atom. The topological polar surface area (TPSA) is 90.8 Å². The van der Waals surface area contributed by atoms with Crippen molar-refractivity contribution < 1.29 is 14.6 Å². The van der Waals surface area contributed by atoms with Crippen LogP contribution in [0, 0.1) is 20.8 Å². The van der Waals surface area contributed by atoms with E-state index >= 15 is 0 Å². The number of nitrogens with zero attached hydrogens (tertiary/aromatic N) is 4. The van der Waals surface area contributed by atoms with E-state index < -0.39 is 17.7 Å². The van der Waals surface area contributed by atoms with Crippen molar-refractivity contribution in [3.05, 3.63) is 75.3 Å². The number of hydrogen-bond acceptors (Lipinski definition) is 9. The predicted octanol–water partition coefficient (Wildman–Crippen LogP) is 9.11. The van der Waals surface area contributed by atoms with Crippen LogP contribution in [0.4, 0.5) is 16.5 Å². The van der Waals surface area contributed by atoms with Gasteiger partial charge in [0.25, 0.3) is 0 Å². The zero-order valence-corrected chi connectivity index (χ0v) is 30.8. The molecule has 2 aliphatic heterocycles. The number of anilines is 3. The Kier molecular flexibility index (Phi) is 10.2. The summed E-state index contributed by atoms with van der Waals surface area (Å²) in [4.78, 5) is 15.5. The molecule has 1 aromatic heterocycles. The molecule has 10 heteroatoms. The lowest BCUT2D eigenvalue weighted by Gasteiger charge is -2.37. The molecule has 0 saturated carbocycles. The van der Waals surface area contributed by atoms with Gasteiger partial charge in [0, 0.05) is 36.0 Å². The maximum absolute atomic E-state index is 13.0. The molecule has 8 nitrogen and oxygen atoms in total. The van der Waals surface area contributed by atoms with Gasteiger partial charge in [0.1, 0.15) is 5.01 Å². The number of carboxylic acid groups (broad SMARTS) is 1.